The Morgan fingerprint density at radius 3 is 2.51 bits per heavy atom. The maximum absolute atomic E-state index is 14.5. The molecule has 4 N–H and O–H groups in total. The summed E-state index contributed by atoms with van der Waals surface area (Å²) < 4.78 is 11.3. The molecule has 3 unspecified atom stereocenters. The highest BCUT2D eigenvalue weighted by Gasteiger charge is 2.69. The molecule has 2 aromatic rings. The number of oxazole rings is 1. The minimum atomic E-state index is -1.05. The number of hydrogen-bond donors (Lipinski definition) is 3. The van der Waals surface area contributed by atoms with Gasteiger partial charge in [-0.3, -0.25) is 19.2 Å². The van der Waals surface area contributed by atoms with Gasteiger partial charge in [-0.1, -0.05) is 52.4 Å². The number of rotatable bonds is 11. The van der Waals surface area contributed by atoms with Crippen LogP contribution in [0, 0.1) is 29.1 Å². The van der Waals surface area contributed by atoms with Gasteiger partial charge in [-0.05, 0) is 60.5 Å². The number of anilines is 1. The number of benzene rings is 1. The normalized spacial score (nSPS) is 26.2. The molecule has 2 heterocycles. The number of hydrogen-bond acceptors (Lipinski definition) is 8. The van der Waals surface area contributed by atoms with Crippen LogP contribution in [0.4, 0.5) is 6.01 Å². The van der Waals surface area contributed by atoms with Crippen molar-refractivity contribution in [2.75, 3.05) is 19.0 Å². The number of amides is 3. The number of aromatic nitrogens is 1. The van der Waals surface area contributed by atoms with Gasteiger partial charge in [-0.2, -0.15) is 4.98 Å². The Hall–Kier alpha value is -3.63. The molecular weight excluding hydrogens is 550 g/mol. The molecule has 1 aromatic carbocycles. The fourth-order valence-electron chi connectivity index (χ4n) is 7.79. The summed E-state index contributed by atoms with van der Waals surface area (Å²) >= 11 is 0. The summed E-state index contributed by atoms with van der Waals surface area (Å²) in [4.78, 5) is 59.3. The van der Waals surface area contributed by atoms with E-state index in [2.05, 4.69) is 29.5 Å². The second-order valence-corrected chi connectivity index (χ2v) is 13.6. The third kappa shape index (κ3) is 5.58. The van der Waals surface area contributed by atoms with Gasteiger partial charge in [-0.15, -0.1) is 0 Å². The zero-order valence-electron chi connectivity index (χ0n) is 25.3. The summed E-state index contributed by atoms with van der Waals surface area (Å²) in [5.74, 6) is -1.25. The summed E-state index contributed by atoms with van der Waals surface area (Å²) in [6.45, 7) is 4.70. The zero-order chi connectivity index (χ0) is 30.5. The first-order valence-corrected chi connectivity index (χ1v) is 15.7. The van der Waals surface area contributed by atoms with Crippen LogP contribution in [0.5, 0.6) is 5.75 Å². The average Bonchev–Trinajstić information content (AvgIpc) is 3.33. The van der Waals surface area contributed by atoms with Gasteiger partial charge < -0.3 is 30.4 Å². The molecule has 3 saturated carbocycles. The van der Waals surface area contributed by atoms with Gasteiger partial charge in [0, 0.05) is 12.6 Å². The Morgan fingerprint density at radius 2 is 1.86 bits per heavy atom. The van der Waals surface area contributed by atoms with Crippen LogP contribution in [0.3, 0.4) is 0 Å². The van der Waals surface area contributed by atoms with E-state index in [9.17, 15) is 19.2 Å². The summed E-state index contributed by atoms with van der Waals surface area (Å²) in [7, 11) is 1.59. The standard InChI is InChI=1S/C32H43N5O6/c1-32(2)20-16-37(26(24(20)32)29(40)34-22(27(38)28(33)39)14-17-8-7-9-17)30(41)25(18-10-5-4-6-11-18)36-31-35-21-15-19(42-3)12-13-23(21)43-31/h12-13,15,17-18,20,22,24-26H,4-11,14,16H2,1-3H3,(H2,33,39)(H,34,40)(H,35,36)/t20?,22?,24?,25-,26-/m0/s1. The smallest absolute Gasteiger partial charge is 0.296 e. The lowest BCUT2D eigenvalue weighted by atomic mass is 9.80. The van der Waals surface area contributed by atoms with E-state index in [0.717, 1.165) is 51.4 Å². The monoisotopic (exact) mass is 593 g/mol. The fourth-order valence-corrected chi connectivity index (χ4v) is 7.79. The van der Waals surface area contributed by atoms with E-state index in [4.69, 9.17) is 14.9 Å². The molecule has 232 valence electrons. The Balaban J connectivity index is 1.26. The number of piperidine rings is 1. The van der Waals surface area contributed by atoms with Crippen molar-refractivity contribution in [3.8, 4) is 5.75 Å². The molecule has 1 aromatic heterocycles. The highest BCUT2D eigenvalue weighted by molar-refractivity contribution is 6.37. The van der Waals surface area contributed by atoms with E-state index in [1.165, 1.54) is 0 Å². The third-order valence-corrected chi connectivity index (χ3v) is 10.7. The molecule has 3 aliphatic carbocycles. The number of nitrogens with one attached hydrogen (secondary N) is 2. The summed E-state index contributed by atoms with van der Waals surface area (Å²) in [6, 6.07) is 3.28. The molecule has 1 aliphatic heterocycles. The number of methoxy groups -OCH3 is 1. The zero-order valence-corrected chi connectivity index (χ0v) is 25.3. The van der Waals surface area contributed by atoms with Crippen LogP contribution in [-0.2, 0) is 19.2 Å². The maximum atomic E-state index is 14.5. The molecule has 1 saturated heterocycles. The van der Waals surface area contributed by atoms with E-state index >= 15 is 0 Å². The lowest BCUT2D eigenvalue weighted by Gasteiger charge is -2.37. The number of fused-ring (bicyclic) bond motifs is 2. The molecule has 0 spiro atoms. The summed E-state index contributed by atoms with van der Waals surface area (Å²) in [6.07, 6.45) is 8.34. The summed E-state index contributed by atoms with van der Waals surface area (Å²) in [5, 5.41) is 6.19. The van der Waals surface area contributed by atoms with Crippen molar-refractivity contribution in [2.24, 2.45) is 34.8 Å². The predicted molar refractivity (Wildman–Crippen MR) is 159 cm³/mol. The topological polar surface area (TPSA) is 157 Å². The number of carbonyl (C=O) groups excluding carboxylic acids is 4. The molecule has 11 nitrogen and oxygen atoms in total. The van der Waals surface area contributed by atoms with Gasteiger partial charge in [-0.25, -0.2) is 0 Å². The van der Waals surface area contributed by atoms with Crippen molar-refractivity contribution < 1.29 is 28.3 Å². The molecule has 5 atom stereocenters. The quantitative estimate of drug-likeness (QED) is 0.335. The Labute approximate surface area is 251 Å². The Bertz CT molecular complexity index is 1410. The number of nitrogens with two attached hydrogens (primary N) is 1. The van der Waals surface area contributed by atoms with Crippen LogP contribution >= 0.6 is 0 Å². The summed E-state index contributed by atoms with van der Waals surface area (Å²) in [5.41, 5.74) is 6.45. The van der Waals surface area contributed by atoms with Gasteiger partial charge >= 0.3 is 0 Å². The van der Waals surface area contributed by atoms with Crippen molar-refractivity contribution in [1.29, 1.82) is 0 Å². The molecular formula is C32H43N5O6. The van der Waals surface area contributed by atoms with Crippen molar-refractivity contribution >= 4 is 40.6 Å². The van der Waals surface area contributed by atoms with Crippen LogP contribution in [-0.4, -0.2) is 65.2 Å². The van der Waals surface area contributed by atoms with Crippen LogP contribution in [0.15, 0.2) is 22.6 Å². The van der Waals surface area contributed by atoms with Crippen molar-refractivity contribution in [3.63, 3.8) is 0 Å². The van der Waals surface area contributed by atoms with Gasteiger partial charge in [0.2, 0.25) is 17.6 Å². The Kier molecular flexibility index (Phi) is 7.85. The predicted octanol–water partition coefficient (Wildman–Crippen LogP) is 3.41. The molecule has 3 amide bonds. The molecule has 0 bridgehead atoms. The lowest BCUT2D eigenvalue weighted by Crippen LogP contribution is -2.58. The number of ketones is 1. The van der Waals surface area contributed by atoms with Crippen LogP contribution in [0.2, 0.25) is 0 Å². The molecule has 4 aliphatic rings. The highest BCUT2D eigenvalue weighted by Crippen LogP contribution is 2.65. The molecule has 43 heavy (non-hydrogen) atoms. The average molecular weight is 594 g/mol. The first-order valence-electron chi connectivity index (χ1n) is 15.7. The van der Waals surface area contributed by atoms with Gasteiger partial charge in [0.15, 0.2) is 5.58 Å². The fraction of sp³-hybridized carbons (Fsp3) is 0.656. The Morgan fingerprint density at radius 1 is 1.12 bits per heavy atom. The molecule has 0 radical (unpaired) electrons. The van der Waals surface area contributed by atoms with Gasteiger partial charge in [0.1, 0.15) is 23.3 Å². The number of likely N-dealkylation sites (tertiary alicyclic amines) is 1. The highest BCUT2D eigenvalue weighted by atomic mass is 16.5. The van der Waals surface area contributed by atoms with Crippen LogP contribution < -0.4 is 21.1 Å². The van der Waals surface area contributed by atoms with E-state index in [0.29, 0.717) is 29.8 Å². The second-order valence-electron chi connectivity index (χ2n) is 13.6. The molecule has 4 fully saturated rings. The number of ether oxygens (including phenoxy) is 1. The van der Waals surface area contributed by atoms with E-state index in [1.54, 1.807) is 30.2 Å². The second kappa shape index (κ2) is 11.5. The maximum Gasteiger partial charge on any atom is 0.296 e. The largest absolute Gasteiger partial charge is 0.497 e. The first-order chi connectivity index (χ1) is 20.6. The molecule has 11 heteroatoms. The van der Waals surface area contributed by atoms with Crippen LogP contribution in [0.1, 0.15) is 71.6 Å². The first kappa shape index (κ1) is 29.4. The van der Waals surface area contributed by atoms with Crippen molar-refractivity contribution in [2.45, 2.75) is 89.8 Å². The van der Waals surface area contributed by atoms with Crippen molar-refractivity contribution in [3.05, 3.63) is 18.2 Å². The third-order valence-electron chi connectivity index (χ3n) is 10.7. The molecule has 6 rings (SSSR count). The number of Topliss-reactive ketones (excluding diaryl/α,β-unsaturated/α-hetero) is 1. The number of nitrogens with zero attached hydrogens (tertiary/aromatic N) is 2. The number of carbonyl (C=O) groups is 4. The minimum absolute atomic E-state index is 0.0340. The van der Waals surface area contributed by atoms with E-state index in [-0.39, 0.29) is 46.9 Å². The lowest BCUT2D eigenvalue weighted by molar-refractivity contribution is -0.144. The van der Waals surface area contributed by atoms with E-state index in [1.807, 2.05) is 0 Å². The minimum Gasteiger partial charge on any atom is -0.497 e. The SMILES string of the molecule is COc1ccc2oc(N[C@H](C(=O)N3CC4C([C@H]3C(=O)NC(CC3CCC3)C(=O)C(N)=O)C4(C)C)C3CCCCC3)nc2c1. The van der Waals surface area contributed by atoms with Gasteiger partial charge in [0.25, 0.3) is 11.9 Å². The van der Waals surface area contributed by atoms with E-state index < -0.39 is 29.8 Å². The van der Waals surface area contributed by atoms with Gasteiger partial charge in [0.05, 0.1) is 13.2 Å². The number of primary amides is 1. The van der Waals surface area contributed by atoms with Crippen LogP contribution in [0.25, 0.3) is 11.1 Å². The van der Waals surface area contributed by atoms with Crippen molar-refractivity contribution in [1.82, 2.24) is 15.2 Å².